The summed E-state index contributed by atoms with van der Waals surface area (Å²) in [7, 11) is 0. The highest BCUT2D eigenvalue weighted by molar-refractivity contribution is 7.07. The standard InChI is InChI=1S/C22H21N5O2S/c1-14-5-6-17(29-21-15(2)16(10-23)7-9-25-21)11-27(14)22(28)20-18(4-3-8-24-20)19-12-30-13-26-19/h3-4,7-9,12-14,17H,5-6,11H2,1-2H3/t14-,17-/m1/s1. The van der Waals surface area contributed by atoms with E-state index in [1.807, 2.05) is 36.3 Å². The largest absolute Gasteiger partial charge is 0.472 e. The minimum absolute atomic E-state index is 0.0714. The smallest absolute Gasteiger partial charge is 0.273 e. The molecule has 0 saturated carbocycles. The predicted molar refractivity (Wildman–Crippen MR) is 113 cm³/mol. The van der Waals surface area contributed by atoms with Crippen LogP contribution in [0.2, 0.25) is 0 Å². The molecule has 152 valence electrons. The lowest BCUT2D eigenvalue weighted by Crippen LogP contribution is -2.49. The molecule has 2 atom stereocenters. The molecule has 4 heterocycles. The van der Waals surface area contributed by atoms with Gasteiger partial charge in [0.25, 0.3) is 5.91 Å². The molecule has 0 spiro atoms. The van der Waals surface area contributed by atoms with Gasteiger partial charge in [0.2, 0.25) is 5.88 Å². The zero-order valence-electron chi connectivity index (χ0n) is 16.8. The summed E-state index contributed by atoms with van der Waals surface area (Å²) in [5, 5.41) is 11.1. The third kappa shape index (κ3) is 3.89. The summed E-state index contributed by atoms with van der Waals surface area (Å²) in [5.74, 6) is 0.317. The van der Waals surface area contributed by atoms with Gasteiger partial charge >= 0.3 is 0 Å². The number of carbonyl (C=O) groups excluding carboxylic acids is 1. The number of piperidine rings is 1. The van der Waals surface area contributed by atoms with Crippen LogP contribution in [0, 0.1) is 18.3 Å². The van der Waals surface area contributed by atoms with Crippen molar-refractivity contribution >= 4 is 17.2 Å². The number of hydrogen-bond acceptors (Lipinski definition) is 7. The molecule has 0 radical (unpaired) electrons. The van der Waals surface area contributed by atoms with Crippen LogP contribution < -0.4 is 4.74 Å². The van der Waals surface area contributed by atoms with Gasteiger partial charge in [0, 0.05) is 34.9 Å². The number of pyridine rings is 2. The SMILES string of the molecule is Cc1c(C#N)ccnc1O[C@@H]1CC[C@@H](C)N(C(=O)c2ncccc2-c2cscn2)C1. The fourth-order valence-corrected chi connectivity index (χ4v) is 4.18. The van der Waals surface area contributed by atoms with E-state index in [9.17, 15) is 10.1 Å². The lowest BCUT2D eigenvalue weighted by molar-refractivity contribution is 0.0367. The second-order valence-electron chi connectivity index (χ2n) is 7.30. The first-order chi connectivity index (χ1) is 14.6. The molecule has 1 fully saturated rings. The van der Waals surface area contributed by atoms with E-state index in [2.05, 4.69) is 21.0 Å². The molecule has 1 saturated heterocycles. The molecule has 0 unspecified atom stereocenters. The van der Waals surface area contributed by atoms with Crippen LogP contribution >= 0.6 is 11.3 Å². The van der Waals surface area contributed by atoms with Gasteiger partial charge in [0.15, 0.2) is 0 Å². The number of aromatic nitrogens is 3. The molecule has 7 nitrogen and oxygen atoms in total. The number of likely N-dealkylation sites (tertiary alicyclic amines) is 1. The van der Waals surface area contributed by atoms with E-state index in [0.29, 0.717) is 29.2 Å². The second kappa shape index (κ2) is 8.59. The van der Waals surface area contributed by atoms with Gasteiger partial charge in [0.1, 0.15) is 11.8 Å². The van der Waals surface area contributed by atoms with Crippen molar-refractivity contribution < 1.29 is 9.53 Å². The Morgan fingerprint density at radius 2 is 2.13 bits per heavy atom. The molecule has 3 aromatic heterocycles. The first kappa shape index (κ1) is 20.0. The van der Waals surface area contributed by atoms with Crippen LogP contribution in [-0.4, -0.2) is 44.4 Å². The summed E-state index contributed by atoms with van der Waals surface area (Å²) < 4.78 is 6.11. The van der Waals surface area contributed by atoms with E-state index >= 15 is 0 Å². The molecule has 1 amide bonds. The highest BCUT2D eigenvalue weighted by Gasteiger charge is 2.33. The van der Waals surface area contributed by atoms with E-state index < -0.39 is 0 Å². The summed E-state index contributed by atoms with van der Waals surface area (Å²) in [5.41, 5.74) is 4.89. The Labute approximate surface area is 179 Å². The minimum Gasteiger partial charge on any atom is -0.472 e. The summed E-state index contributed by atoms with van der Waals surface area (Å²) in [6.07, 6.45) is 4.63. The number of amides is 1. The molecular weight excluding hydrogens is 398 g/mol. The lowest BCUT2D eigenvalue weighted by atomic mass is 9.99. The maximum atomic E-state index is 13.4. The fraction of sp³-hybridized carbons (Fsp3) is 0.318. The summed E-state index contributed by atoms with van der Waals surface area (Å²) in [6, 6.07) is 7.58. The number of nitrogens with zero attached hydrogens (tertiary/aromatic N) is 5. The Bertz CT molecular complexity index is 1090. The topological polar surface area (TPSA) is 92.0 Å². The van der Waals surface area contributed by atoms with Crippen LogP contribution in [0.4, 0.5) is 0 Å². The zero-order chi connectivity index (χ0) is 21.1. The highest BCUT2D eigenvalue weighted by Crippen LogP contribution is 2.28. The number of rotatable bonds is 4. The Morgan fingerprint density at radius 1 is 1.27 bits per heavy atom. The molecule has 3 aromatic rings. The number of thiazole rings is 1. The normalized spacial score (nSPS) is 18.6. The average Bonchev–Trinajstić information content (AvgIpc) is 3.31. The quantitative estimate of drug-likeness (QED) is 0.638. The molecule has 30 heavy (non-hydrogen) atoms. The predicted octanol–water partition coefficient (Wildman–Crippen LogP) is 3.85. The molecule has 0 N–H and O–H groups in total. The van der Waals surface area contributed by atoms with Crippen LogP contribution in [0.1, 0.15) is 41.4 Å². The number of ether oxygens (including phenoxy) is 1. The van der Waals surface area contributed by atoms with Crippen LogP contribution in [0.25, 0.3) is 11.3 Å². The monoisotopic (exact) mass is 419 g/mol. The van der Waals surface area contributed by atoms with E-state index in [-0.39, 0.29) is 18.1 Å². The zero-order valence-corrected chi connectivity index (χ0v) is 17.6. The van der Waals surface area contributed by atoms with Crippen molar-refractivity contribution in [2.24, 2.45) is 0 Å². The highest BCUT2D eigenvalue weighted by atomic mass is 32.1. The van der Waals surface area contributed by atoms with E-state index in [1.54, 1.807) is 24.0 Å². The van der Waals surface area contributed by atoms with Gasteiger partial charge in [-0.3, -0.25) is 9.78 Å². The maximum absolute atomic E-state index is 13.4. The van der Waals surface area contributed by atoms with Gasteiger partial charge in [-0.25, -0.2) is 9.97 Å². The first-order valence-corrected chi connectivity index (χ1v) is 10.7. The van der Waals surface area contributed by atoms with Crippen molar-refractivity contribution in [1.29, 1.82) is 5.26 Å². The van der Waals surface area contributed by atoms with Gasteiger partial charge in [-0.05, 0) is 44.9 Å². The molecule has 0 aliphatic carbocycles. The molecule has 0 aromatic carbocycles. The number of carbonyl (C=O) groups is 1. The van der Waals surface area contributed by atoms with Crippen molar-refractivity contribution in [1.82, 2.24) is 19.9 Å². The number of hydrogen-bond donors (Lipinski definition) is 0. The van der Waals surface area contributed by atoms with Crippen molar-refractivity contribution in [3.8, 4) is 23.2 Å². The van der Waals surface area contributed by atoms with E-state index in [4.69, 9.17) is 4.74 Å². The number of nitriles is 1. The minimum atomic E-state index is -0.197. The second-order valence-corrected chi connectivity index (χ2v) is 8.02. The van der Waals surface area contributed by atoms with Crippen molar-refractivity contribution in [2.75, 3.05) is 6.54 Å². The molecule has 8 heteroatoms. The molecular formula is C22H21N5O2S. The van der Waals surface area contributed by atoms with Crippen molar-refractivity contribution in [3.63, 3.8) is 0 Å². The summed E-state index contributed by atoms with van der Waals surface area (Å²) in [6.45, 7) is 4.30. The third-order valence-electron chi connectivity index (χ3n) is 5.37. The average molecular weight is 420 g/mol. The Balaban J connectivity index is 1.57. The summed E-state index contributed by atoms with van der Waals surface area (Å²) >= 11 is 1.48. The van der Waals surface area contributed by atoms with Crippen LogP contribution in [0.15, 0.2) is 41.5 Å². The van der Waals surface area contributed by atoms with Crippen molar-refractivity contribution in [2.45, 2.75) is 38.8 Å². The van der Waals surface area contributed by atoms with Gasteiger partial charge < -0.3 is 9.64 Å². The Morgan fingerprint density at radius 3 is 2.90 bits per heavy atom. The van der Waals surface area contributed by atoms with Crippen LogP contribution in [0.3, 0.4) is 0 Å². The van der Waals surface area contributed by atoms with Gasteiger partial charge in [0.05, 0.1) is 29.4 Å². The lowest BCUT2D eigenvalue weighted by Gasteiger charge is -2.38. The van der Waals surface area contributed by atoms with Gasteiger partial charge in [-0.2, -0.15) is 5.26 Å². The van der Waals surface area contributed by atoms with Gasteiger partial charge in [-0.15, -0.1) is 11.3 Å². The third-order valence-corrected chi connectivity index (χ3v) is 5.96. The first-order valence-electron chi connectivity index (χ1n) is 9.75. The van der Waals surface area contributed by atoms with Crippen molar-refractivity contribution in [3.05, 3.63) is 58.3 Å². The summed E-state index contributed by atoms with van der Waals surface area (Å²) in [4.78, 5) is 28.2. The maximum Gasteiger partial charge on any atom is 0.273 e. The Hall–Kier alpha value is -3.31. The molecule has 0 bridgehead atoms. The fourth-order valence-electron chi connectivity index (χ4n) is 3.63. The molecule has 4 rings (SSSR count). The van der Waals surface area contributed by atoms with E-state index in [1.165, 1.54) is 11.3 Å². The van der Waals surface area contributed by atoms with Gasteiger partial charge in [-0.1, -0.05) is 0 Å². The van der Waals surface area contributed by atoms with Crippen LogP contribution in [-0.2, 0) is 0 Å². The van der Waals surface area contributed by atoms with Crippen LogP contribution in [0.5, 0.6) is 5.88 Å². The molecule has 1 aliphatic rings. The molecule has 1 aliphatic heterocycles. The Kier molecular flexibility index (Phi) is 5.72. The van der Waals surface area contributed by atoms with E-state index in [0.717, 1.165) is 24.1 Å².